The molecule has 1 aromatic rings. The molecule has 0 aromatic carbocycles. The third kappa shape index (κ3) is 4.88. The quantitative estimate of drug-likeness (QED) is 0.754. The van der Waals surface area contributed by atoms with E-state index in [0.717, 1.165) is 0 Å². The number of carbonyl (C=O) groups is 1. The van der Waals surface area contributed by atoms with Gasteiger partial charge in [-0.05, 0) is 35.0 Å². The Morgan fingerprint density at radius 2 is 2.12 bits per heavy atom. The molecule has 0 aliphatic carbocycles. The first-order valence-corrected chi connectivity index (χ1v) is 7.40. The largest absolute Gasteiger partial charge is 0.444 e. The van der Waals surface area contributed by atoms with Gasteiger partial charge in [-0.1, -0.05) is 0 Å². The Balaban J connectivity index is 2.30. The number of amides is 1. The molecule has 0 fully saturated rings. The van der Waals surface area contributed by atoms with Gasteiger partial charge in [-0.15, -0.1) is 0 Å². The highest BCUT2D eigenvalue weighted by molar-refractivity contribution is 9.10. The average molecular weight is 325 g/mol. The lowest BCUT2D eigenvalue weighted by atomic mass is 10.4. The molecular weight excluding hydrogens is 312 g/mol. The van der Waals surface area contributed by atoms with Gasteiger partial charge in [0, 0.05) is 13.1 Å². The van der Waals surface area contributed by atoms with Crippen molar-refractivity contribution in [1.82, 2.24) is 10.0 Å². The predicted molar refractivity (Wildman–Crippen MR) is 66.2 cm³/mol. The molecule has 0 unspecified atom stereocenters. The maximum Gasteiger partial charge on any atom is 0.287 e. The molecule has 8 heteroatoms. The molecule has 0 bridgehead atoms. The van der Waals surface area contributed by atoms with Crippen LogP contribution in [0.15, 0.2) is 21.2 Å². The van der Waals surface area contributed by atoms with E-state index in [9.17, 15) is 13.2 Å². The molecule has 96 valence electrons. The molecule has 0 aliphatic rings. The molecule has 6 nitrogen and oxygen atoms in total. The summed E-state index contributed by atoms with van der Waals surface area (Å²) in [6.45, 7) is 1.90. The number of furan rings is 1. The van der Waals surface area contributed by atoms with Crippen molar-refractivity contribution in [2.24, 2.45) is 0 Å². The number of nitrogens with one attached hydrogen (secondary N) is 2. The van der Waals surface area contributed by atoms with Crippen LogP contribution in [0.5, 0.6) is 0 Å². The Kier molecular flexibility index (Phi) is 5.16. The second-order valence-corrected chi connectivity index (χ2v) is 6.03. The molecule has 0 spiro atoms. The van der Waals surface area contributed by atoms with Gasteiger partial charge in [-0.3, -0.25) is 4.79 Å². The fourth-order valence-corrected chi connectivity index (χ4v) is 1.93. The lowest BCUT2D eigenvalue weighted by Crippen LogP contribution is -2.35. The molecule has 17 heavy (non-hydrogen) atoms. The Morgan fingerprint density at radius 3 is 2.65 bits per heavy atom. The second-order valence-electron chi connectivity index (χ2n) is 3.16. The minimum atomic E-state index is -3.21. The number of carbonyl (C=O) groups excluding carboxylic acids is 1. The third-order valence-electron chi connectivity index (χ3n) is 1.91. The maximum atomic E-state index is 11.4. The van der Waals surface area contributed by atoms with Crippen LogP contribution in [0, 0.1) is 0 Å². The first-order valence-electron chi connectivity index (χ1n) is 4.95. The van der Waals surface area contributed by atoms with Crippen molar-refractivity contribution in [3.8, 4) is 0 Å². The van der Waals surface area contributed by atoms with E-state index in [0.29, 0.717) is 4.67 Å². The molecule has 1 aromatic heterocycles. The lowest BCUT2D eigenvalue weighted by Gasteiger charge is -2.05. The molecule has 0 aliphatic heterocycles. The molecule has 2 N–H and O–H groups in total. The van der Waals surface area contributed by atoms with Crippen LogP contribution < -0.4 is 10.0 Å². The summed E-state index contributed by atoms with van der Waals surface area (Å²) in [6.07, 6.45) is 0. The first-order chi connectivity index (χ1) is 7.94. The molecule has 0 saturated heterocycles. The van der Waals surface area contributed by atoms with E-state index in [2.05, 4.69) is 26.0 Å². The van der Waals surface area contributed by atoms with Crippen molar-refractivity contribution < 1.29 is 17.6 Å². The molecular formula is C9H13BrN2O4S. The minimum Gasteiger partial charge on any atom is -0.444 e. The number of halogens is 1. The summed E-state index contributed by atoms with van der Waals surface area (Å²) in [5, 5.41) is 2.53. The van der Waals surface area contributed by atoms with Crippen LogP contribution in [0.3, 0.4) is 0 Å². The van der Waals surface area contributed by atoms with Crippen molar-refractivity contribution in [3.05, 3.63) is 22.6 Å². The van der Waals surface area contributed by atoms with Crippen LogP contribution in [-0.4, -0.2) is 33.2 Å². The van der Waals surface area contributed by atoms with Gasteiger partial charge in [0.05, 0.1) is 5.75 Å². The summed E-state index contributed by atoms with van der Waals surface area (Å²) in [7, 11) is -3.21. The van der Waals surface area contributed by atoms with E-state index in [1.165, 1.54) is 6.07 Å². The highest BCUT2D eigenvalue weighted by Gasteiger charge is 2.10. The van der Waals surface area contributed by atoms with Crippen LogP contribution in [0.2, 0.25) is 0 Å². The average Bonchev–Trinajstić information content (AvgIpc) is 2.71. The van der Waals surface area contributed by atoms with Gasteiger partial charge >= 0.3 is 0 Å². The smallest absolute Gasteiger partial charge is 0.287 e. The van der Waals surface area contributed by atoms with E-state index in [-0.39, 0.29) is 30.5 Å². The van der Waals surface area contributed by atoms with E-state index in [4.69, 9.17) is 4.42 Å². The van der Waals surface area contributed by atoms with Gasteiger partial charge in [0.1, 0.15) is 0 Å². The molecule has 1 rings (SSSR count). The zero-order chi connectivity index (χ0) is 12.9. The van der Waals surface area contributed by atoms with E-state index in [1.54, 1.807) is 13.0 Å². The van der Waals surface area contributed by atoms with Gasteiger partial charge in [0.15, 0.2) is 10.4 Å². The van der Waals surface area contributed by atoms with Gasteiger partial charge in [-0.25, -0.2) is 13.1 Å². The minimum absolute atomic E-state index is 0.0199. The van der Waals surface area contributed by atoms with Gasteiger partial charge in [0.25, 0.3) is 5.91 Å². The highest BCUT2D eigenvalue weighted by Crippen LogP contribution is 2.13. The van der Waals surface area contributed by atoms with Gasteiger partial charge in [0.2, 0.25) is 10.0 Å². The first kappa shape index (κ1) is 14.2. The number of hydrogen-bond donors (Lipinski definition) is 2. The van der Waals surface area contributed by atoms with E-state index in [1.807, 2.05) is 0 Å². The highest BCUT2D eigenvalue weighted by atomic mass is 79.9. The lowest BCUT2D eigenvalue weighted by molar-refractivity contribution is 0.0925. The summed E-state index contributed by atoms with van der Waals surface area (Å²) >= 11 is 3.08. The zero-order valence-corrected chi connectivity index (χ0v) is 11.6. The van der Waals surface area contributed by atoms with Crippen molar-refractivity contribution in [2.45, 2.75) is 6.92 Å². The second kappa shape index (κ2) is 6.18. The molecule has 0 radical (unpaired) electrons. The Labute approximate surface area is 108 Å². The SMILES string of the molecule is CCS(=O)(=O)NCCNC(=O)c1ccc(Br)o1. The molecule has 0 saturated carbocycles. The standard InChI is InChI=1S/C9H13BrN2O4S/c1-2-17(14,15)12-6-5-11-9(13)7-3-4-8(10)16-7/h3-4,12H,2,5-6H2,1H3,(H,11,13). The fourth-order valence-electron chi connectivity index (χ4n) is 1.01. The number of hydrogen-bond acceptors (Lipinski definition) is 4. The zero-order valence-electron chi connectivity index (χ0n) is 9.20. The van der Waals surface area contributed by atoms with Crippen molar-refractivity contribution >= 4 is 31.9 Å². The van der Waals surface area contributed by atoms with Gasteiger partial charge < -0.3 is 9.73 Å². The van der Waals surface area contributed by atoms with Crippen LogP contribution in [0.1, 0.15) is 17.5 Å². The van der Waals surface area contributed by atoms with Crippen LogP contribution in [0.4, 0.5) is 0 Å². The van der Waals surface area contributed by atoms with Crippen molar-refractivity contribution in [1.29, 1.82) is 0 Å². The maximum absolute atomic E-state index is 11.4. The predicted octanol–water partition coefficient (Wildman–Crippen LogP) is 0.711. The summed E-state index contributed by atoms with van der Waals surface area (Å²) in [4.78, 5) is 11.4. The number of sulfonamides is 1. The Morgan fingerprint density at radius 1 is 1.41 bits per heavy atom. The summed E-state index contributed by atoms with van der Waals surface area (Å²) in [6, 6.07) is 3.13. The van der Waals surface area contributed by atoms with E-state index >= 15 is 0 Å². The fraction of sp³-hybridized carbons (Fsp3) is 0.444. The topological polar surface area (TPSA) is 88.4 Å². The molecule has 1 amide bonds. The number of rotatable bonds is 6. The summed E-state index contributed by atoms with van der Waals surface area (Å²) < 4.78 is 30.0. The normalized spacial score (nSPS) is 11.4. The molecule has 1 heterocycles. The summed E-state index contributed by atoms with van der Waals surface area (Å²) in [5.41, 5.74) is 0. The van der Waals surface area contributed by atoms with Crippen LogP contribution in [-0.2, 0) is 10.0 Å². The Hall–Kier alpha value is -0.860. The van der Waals surface area contributed by atoms with Crippen molar-refractivity contribution in [2.75, 3.05) is 18.8 Å². The van der Waals surface area contributed by atoms with Crippen molar-refractivity contribution in [3.63, 3.8) is 0 Å². The van der Waals surface area contributed by atoms with Crippen LogP contribution in [0.25, 0.3) is 0 Å². The van der Waals surface area contributed by atoms with Gasteiger partial charge in [-0.2, -0.15) is 0 Å². The monoisotopic (exact) mass is 324 g/mol. The summed E-state index contributed by atoms with van der Waals surface area (Å²) in [5.74, 6) is -0.187. The Bertz CT molecular complexity index is 483. The van der Waals surface area contributed by atoms with E-state index < -0.39 is 10.0 Å². The van der Waals surface area contributed by atoms with Crippen LogP contribution >= 0.6 is 15.9 Å². The molecule has 0 atom stereocenters. The third-order valence-corrected chi connectivity index (χ3v) is 3.74.